The summed E-state index contributed by atoms with van der Waals surface area (Å²) in [6.45, 7) is 2.64. The predicted octanol–water partition coefficient (Wildman–Crippen LogP) is 4.18. The number of carbonyl (C=O) groups excluding carboxylic acids is 2. The molecule has 2 aromatic carbocycles. The fourth-order valence-electron chi connectivity index (χ4n) is 4.47. The number of esters is 1. The van der Waals surface area contributed by atoms with Gasteiger partial charge in [0.2, 0.25) is 0 Å². The number of amides is 1. The molecule has 0 spiro atoms. The number of carboxylic acid groups (broad SMARTS) is 2. The molecule has 0 radical (unpaired) electrons. The molecule has 0 bridgehead atoms. The molecule has 14 heteroatoms. The Bertz CT molecular complexity index is 1670. The van der Waals surface area contributed by atoms with Crippen LogP contribution in [0.1, 0.15) is 60.8 Å². The van der Waals surface area contributed by atoms with Crippen molar-refractivity contribution in [1.29, 1.82) is 5.41 Å². The highest BCUT2D eigenvalue weighted by atomic mass is 16.5. The van der Waals surface area contributed by atoms with Crippen molar-refractivity contribution in [2.75, 3.05) is 23.4 Å². The van der Waals surface area contributed by atoms with E-state index in [1.807, 2.05) is 29.8 Å². The number of benzene rings is 2. The SMILES string of the molecule is CCOC(=O)CCN(C(=O)c1ccc2c(c1)nc(CNc1ccc(C(=N)N)cc1)n2C)c1ccccn1.O=C(O)CCCCC(=O)O. The first-order valence-electron chi connectivity index (χ1n) is 15.0. The van der Waals surface area contributed by atoms with E-state index in [1.165, 1.54) is 4.90 Å². The van der Waals surface area contributed by atoms with Crippen LogP contribution in [0.3, 0.4) is 0 Å². The zero-order valence-corrected chi connectivity index (χ0v) is 26.3. The van der Waals surface area contributed by atoms with Gasteiger partial charge in [0.15, 0.2) is 0 Å². The highest BCUT2D eigenvalue weighted by Gasteiger charge is 2.21. The van der Waals surface area contributed by atoms with Crippen LogP contribution in [0.2, 0.25) is 0 Å². The number of aromatic nitrogens is 3. The Balaban J connectivity index is 0.000000520. The molecule has 4 aromatic rings. The highest BCUT2D eigenvalue weighted by Crippen LogP contribution is 2.21. The number of unbranched alkanes of at least 4 members (excludes halogenated alkanes) is 1. The second kappa shape index (κ2) is 17.6. The van der Waals surface area contributed by atoms with Crippen LogP contribution in [-0.4, -0.2) is 67.6 Å². The number of nitrogen functional groups attached to an aromatic ring is 1. The normalized spacial score (nSPS) is 10.4. The molecule has 0 fully saturated rings. The largest absolute Gasteiger partial charge is 0.481 e. The van der Waals surface area contributed by atoms with Crippen molar-refractivity contribution in [2.45, 2.75) is 45.6 Å². The smallest absolute Gasteiger partial charge is 0.307 e. The summed E-state index contributed by atoms with van der Waals surface area (Å²) < 4.78 is 7.00. The van der Waals surface area contributed by atoms with E-state index in [1.54, 1.807) is 55.6 Å². The fourth-order valence-corrected chi connectivity index (χ4v) is 4.47. The summed E-state index contributed by atoms with van der Waals surface area (Å²) in [7, 11) is 1.92. The van der Waals surface area contributed by atoms with Crippen molar-refractivity contribution in [3.05, 3.63) is 83.8 Å². The molecule has 0 aliphatic carbocycles. The van der Waals surface area contributed by atoms with E-state index < -0.39 is 11.9 Å². The van der Waals surface area contributed by atoms with E-state index in [0.29, 0.717) is 41.8 Å². The number of pyridine rings is 1. The number of aliphatic carboxylic acids is 2. The molecule has 1 amide bonds. The third-order valence-corrected chi connectivity index (χ3v) is 6.91. The van der Waals surface area contributed by atoms with Crippen LogP contribution in [-0.2, 0) is 32.7 Å². The highest BCUT2D eigenvalue weighted by molar-refractivity contribution is 6.07. The topological polar surface area (TPSA) is 214 Å². The third kappa shape index (κ3) is 11.0. The van der Waals surface area contributed by atoms with E-state index in [4.69, 9.17) is 31.1 Å². The van der Waals surface area contributed by atoms with Gasteiger partial charge in [-0.25, -0.2) is 9.97 Å². The minimum absolute atomic E-state index is 0.0229. The summed E-state index contributed by atoms with van der Waals surface area (Å²) in [5.74, 6) is -1.12. The van der Waals surface area contributed by atoms with E-state index >= 15 is 0 Å². The molecule has 4 rings (SSSR count). The summed E-state index contributed by atoms with van der Waals surface area (Å²) in [4.78, 5) is 55.8. The maximum Gasteiger partial charge on any atom is 0.307 e. The summed E-state index contributed by atoms with van der Waals surface area (Å²) in [5, 5.41) is 27.1. The molecule has 0 aliphatic heterocycles. The predicted molar refractivity (Wildman–Crippen MR) is 176 cm³/mol. The minimum atomic E-state index is -0.870. The Hall–Kier alpha value is -5.79. The van der Waals surface area contributed by atoms with Gasteiger partial charge in [-0.3, -0.25) is 29.5 Å². The van der Waals surface area contributed by atoms with Gasteiger partial charge in [-0.1, -0.05) is 6.07 Å². The molecule has 0 saturated heterocycles. The van der Waals surface area contributed by atoms with Gasteiger partial charge < -0.3 is 30.6 Å². The Morgan fingerprint density at radius 1 is 0.957 bits per heavy atom. The molecule has 2 aromatic heterocycles. The lowest BCUT2D eigenvalue weighted by molar-refractivity contribution is -0.143. The van der Waals surface area contributed by atoms with Crippen LogP contribution in [0.15, 0.2) is 66.9 Å². The summed E-state index contributed by atoms with van der Waals surface area (Å²) >= 11 is 0. The average molecular weight is 646 g/mol. The molecule has 6 N–H and O–H groups in total. The molecule has 47 heavy (non-hydrogen) atoms. The van der Waals surface area contributed by atoms with Crippen LogP contribution in [0.25, 0.3) is 11.0 Å². The average Bonchev–Trinajstić information content (AvgIpc) is 3.37. The van der Waals surface area contributed by atoms with E-state index in [2.05, 4.69) is 10.3 Å². The molecular formula is C33H39N7O7. The minimum Gasteiger partial charge on any atom is -0.481 e. The molecule has 248 valence electrons. The molecule has 0 atom stereocenters. The number of carboxylic acids is 2. The van der Waals surface area contributed by atoms with Crippen LogP contribution < -0.4 is 16.0 Å². The van der Waals surface area contributed by atoms with Crippen molar-refractivity contribution in [3.8, 4) is 0 Å². The Labute approximate surface area is 271 Å². The molecule has 0 aliphatic rings. The van der Waals surface area contributed by atoms with Gasteiger partial charge in [-0.05, 0) is 74.4 Å². The zero-order valence-electron chi connectivity index (χ0n) is 26.3. The number of amidine groups is 1. The standard InChI is InChI=1S/C27H29N7O3.C6H10O4/c1-3-37-25(35)13-15-34(23-6-4-5-14-30-23)27(36)19-9-12-22-21(16-19)32-24(33(22)2)17-31-20-10-7-18(8-11-20)26(28)29;7-5(8)3-1-2-4-6(9)10/h4-12,14,16,31H,3,13,15,17H2,1-2H3,(H3,28,29);1-4H2,(H,7,8)(H,9,10). The van der Waals surface area contributed by atoms with Gasteiger partial charge in [-0.2, -0.15) is 0 Å². The van der Waals surface area contributed by atoms with Crippen LogP contribution in [0.5, 0.6) is 0 Å². The quantitative estimate of drug-likeness (QED) is 0.0535. The summed E-state index contributed by atoms with van der Waals surface area (Å²) in [6.07, 6.45) is 2.68. The van der Waals surface area contributed by atoms with Gasteiger partial charge in [0.05, 0.1) is 30.6 Å². The van der Waals surface area contributed by atoms with Crippen molar-refractivity contribution in [1.82, 2.24) is 14.5 Å². The molecule has 2 heterocycles. The Morgan fingerprint density at radius 3 is 2.19 bits per heavy atom. The van der Waals surface area contributed by atoms with E-state index in [9.17, 15) is 19.2 Å². The number of rotatable bonds is 15. The lowest BCUT2D eigenvalue weighted by Crippen LogP contribution is -2.34. The fraction of sp³-hybridized carbons (Fsp3) is 0.303. The lowest BCUT2D eigenvalue weighted by Gasteiger charge is -2.21. The monoisotopic (exact) mass is 645 g/mol. The number of hydrogen-bond acceptors (Lipinski definition) is 9. The number of nitrogens with one attached hydrogen (secondary N) is 2. The number of nitrogens with two attached hydrogens (primary N) is 1. The van der Waals surface area contributed by atoms with Gasteiger partial charge >= 0.3 is 17.9 Å². The van der Waals surface area contributed by atoms with Gasteiger partial charge in [0.1, 0.15) is 17.5 Å². The molecule has 0 saturated carbocycles. The first kappa shape index (κ1) is 35.7. The zero-order chi connectivity index (χ0) is 34.3. The molecular weight excluding hydrogens is 606 g/mol. The van der Waals surface area contributed by atoms with Gasteiger partial charge in [0.25, 0.3) is 5.91 Å². The number of nitrogens with zero attached hydrogens (tertiary/aromatic N) is 4. The second-order valence-electron chi connectivity index (χ2n) is 10.3. The van der Waals surface area contributed by atoms with Crippen molar-refractivity contribution >= 4 is 52.2 Å². The number of aryl methyl sites for hydroxylation is 1. The van der Waals surface area contributed by atoms with Crippen LogP contribution in [0, 0.1) is 5.41 Å². The number of anilines is 2. The van der Waals surface area contributed by atoms with Crippen molar-refractivity contribution in [2.24, 2.45) is 12.8 Å². The Morgan fingerprint density at radius 2 is 1.62 bits per heavy atom. The van der Waals surface area contributed by atoms with Crippen LogP contribution >= 0.6 is 0 Å². The van der Waals surface area contributed by atoms with Gasteiger partial charge in [-0.15, -0.1) is 0 Å². The number of ether oxygens (including phenoxy) is 1. The molecule has 0 unspecified atom stereocenters. The van der Waals surface area contributed by atoms with Crippen LogP contribution in [0.4, 0.5) is 11.5 Å². The van der Waals surface area contributed by atoms with Crippen molar-refractivity contribution in [3.63, 3.8) is 0 Å². The number of imidazole rings is 1. The van der Waals surface area contributed by atoms with E-state index in [0.717, 1.165) is 17.0 Å². The maximum atomic E-state index is 13.5. The second-order valence-corrected chi connectivity index (χ2v) is 10.3. The number of carbonyl (C=O) groups is 4. The molecule has 14 nitrogen and oxygen atoms in total. The lowest BCUT2D eigenvalue weighted by atomic mass is 10.1. The first-order valence-corrected chi connectivity index (χ1v) is 15.0. The van der Waals surface area contributed by atoms with Crippen molar-refractivity contribution < 1.29 is 34.1 Å². The number of hydrogen-bond donors (Lipinski definition) is 5. The third-order valence-electron chi connectivity index (χ3n) is 6.91. The number of fused-ring (bicyclic) bond motifs is 1. The first-order chi connectivity index (χ1) is 22.5. The summed E-state index contributed by atoms with van der Waals surface area (Å²) in [6, 6.07) is 18.0. The maximum absolute atomic E-state index is 13.5. The van der Waals surface area contributed by atoms with E-state index in [-0.39, 0.29) is 50.1 Å². The Kier molecular flexibility index (Phi) is 13.4. The summed E-state index contributed by atoms with van der Waals surface area (Å²) in [5.41, 5.74) is 9.07. The van der Waals surface area contributed by atoms with Gasteiger partial charge in [0, 0.05) is 49.4 Å².